The third kappa shape index (κ3) is 2.32. The summed E-state index contributed by atoms with van der Waals surface area (Å²) in [6.45, 7) is 0.661. The Morgan fingerprint density at radius 2 is 2.30 bits per heavy atom. The van der Waals surface area contributed by atoms with Crippen molar-refractivity contribution in [2.24, 2.45) is 7.05 Å². The Balaban J connectivity index is 1.80. The van der Waals surface area contributed by atoms with E-state index in [0.717, 1.165) is 17.7 Å². The lowest BCUT2D eigenvalue weighted by molar-refractivity contribution is -0.121. The summed E-state index contributed by atoms with van der Waals surface area (Å²) in [6.07, 6.45) is 4.52. The van der Waals surface area contributed by atoms with Gasteiger partial charge in [-0.1, -0.05) is 0 Å². The molecule has 3 rings (SSSR count). The van der Waals surface area contributed by atoms with Crippen LogP contribution in [0.2, 0.25) is 0 Å². The number of ether oxygens (including phenoxy) is 1. The molecule has 1 aromatic heterocycles. The monoisotopic (exact) mass is 272 g/mol. The van der Waals surface area contributed by atoms with E-state index in [1.165, 1.54) is 0 Å². The van der Waals surface area contributed by atoms with E-state index in [2.05, 4.69) is 5.10 Å². The molecule has 0 aliphatic carbocycles. The van der Waals surface area contributed by atoms with Crippen molar-refractivity contribution in [3.05, 3.63) is 36.2 Å². The Bertz CT molecular complexity index is 650. The molecule has 0 bridgehead atoms. The molecule has 0 atom stereocenters. The number of fused-ring (bicyclic) bond motifs is 1. The zero-order chi connectivity index (χ0) is 14.1. The van der Waals surface area contributed by atoms with Crippen molar-refractivity contribution in [2.75, 3.05) is 23.8 Å². The number of aryl methyl sites for hydroxylation is 1. The number of hydrogen-bond donors (Lipinski definition) is 1. The molecule has 0 radical (unpaired) electrons. The van der Waals surface area contributed by atoms with Crippen molar-refractivity contribution in [3.8, 4) is 5.75 Å². The molecule has 6 nitrogen and oxygen atoms in total. The van der Waals surface area contributed by atoms with Crippen LogP contribution in [0, 0.1) is 0 Å². The fourth-order valence-corrected chi connectivity index (χ4v) is 2.31. The van der Waals surface area contributed by atoms with Crippen LogP contribution in [0.5, 0.6) is 5.75 Å². The Labute approximate surface area is 116 Å². The molecule has 0 spiro atoms. The normalized spacial score (nSPS) is 14.1. The van der Waals surface area contributed by atoms with E-state index < -0.39 is 0 Å². The summed E-state index contributed by atoms with van der Waals surface area (Å²) in [4.78, 5) is 13.8. The molecule has 1 amide bonds. The third-order valence-electron chi connectivity index (χ3n) is 3.31. The number of rotatable bonds is 3. The van der Waals surface area contributed by atoms with Crippen LogP contribution in [-0.4, -0.2) is 28.8 Å². The van der Waals surface area contributed by atoms with E-state index in [-0.39, 0.29) is 12.5 Å². The minimum atomic E-state index is -0.0360. The number of nitrogens with zero attached hydrogens (tertiary/aromatic N) is 3. The molecule has 20 heavy (non-hydrogen) atoms. The number of hydrogen-bond acceptors (Lipinski definition) is 4. The highest BCUT2D eigenvalue weighted by Crippen LogP contribution is 2.33. The molecule has 1 aromatic carbocycles. The number of carbonyl (C=O) groups is 1. The first-order valence-electron chi connectivity index (χ1n) is 6.44. The van der Waals surface area contributed by atoms with Crippen LogP contribution in [0.25, 0.3) is 0 Å². The second-order valence-electron chi connectivity index (χ2n) is 4.83. The zero-order valence-corrected chi connectivity index (χ0v) is 11.2. The molecular formula is C14H16N4O2. The van der Waals surface area contributed by atoms with Gasteiger partial charge in [-0.3, -0.25) is 9.48 Å². The Morgan fingerprint density at radius 3 is 3.05 bits per heavy atom. The number of aromatic nitrogens is 2. The number of anilines is 2. The van der Waals surface area contributed by atoms with Gasteiger partial charge >= 0.3 is 0 Å². The van der Waals surface area contributed by atoms with Gasteiger partial charge in [0.2, 0.25) is 0 Å². The first kappa shape index (κ1) is 12.5. The topological polar surface area (TPSA) is 73.4 Å². The van der Waals surface area contributed by atoms with Crippen LogP contribution in [0.15, 0.2) is 30.6 Å². The Kier molecular flexibility index (Phi) is 3.06. The molecule has 104 valence electrons. The molecule has 1 aliphatic rings. The first-order valence-corrected chi connectivity index (χ1v) is 6.44. The predicted octanol–water partition coefficient (Wildman–Crippen LogP) is 0.970. The van der Waals surface area contributed by atoms with Gasteiger partial charge in [0, 0.05) is 31.5 Å². The number of amides is 1. The summed E-state index contributed by atoms with van der Waals surface area (Å²) < 4.78 is 7.17. The predicted molar refractivity (Wildman–Crippen MR) is 75.6 cm³/mol. The Hall–Kier alpha value is -2.50. The molecule has 2 aromatic rings. The highest BCUT2D eigenvalue weighted by Gasteiger charge is 2.25. The maximum atomic E-state index is 12.0. The van der Waals surface area contributed by atoms with E-state index in [4.69, 9.17) is 10.5 Å². The SMILES string of the molecule is Cn1cc(CCN2C(=O)COc3cc(N)ccc32)cn1. The lowest BCUT2D eigenvalue weighted by Crippen LogP contribution is -2.40. The van der Waals surface area contributed by atoms with Gasteiger partial charge in [-0.05, 0) is 24.1 Å². The molecule has 2 N–H and O–H groups in total. The van der Waals surface area contributed by atoms with E-state index in [1.807, 2.05) is 25.5 Å². The van der Waals surface area contributed by atoms with Crippen molar-refractivity contribution >= 4 is 17.3 Å². The van der Waals surface area contributed by atoms with E-state index in [0.29, 0.717) is 18.0 Å². The van der Waals surface area contributed by atoms with Crippen LogP contribution < -0.4 is 15.4 Å². The van der Waals surface area contributed by atoms with Gasteiger partial charge in [0.1, 0.15) is 5.75 Å². The average Bonchev–Trinajstić information content (AvgIpc) is 2.83. The van der Waals surface area contributed by atoms with Gasteiger partial charge in [0.15, 0.2) is 6.61 Å². The van der Waals surface area contributed by atoms with E-state index in [1.54, 1.807) is 21.7 Å². The van der Waals surface area contributed by atoms with Gasteiger partial charge in [-0.15, -0.1) is 0 Å². The number of carbonyl (C=O) groups excluding carboxylic acids is 1. The molecule has 6 heteroatoms. The van der Waals surface area contributed by atoms with Gasteiger partial charge in [-0.2, -0.15) is 5.10 Å². The molecule has 0 saturated carbocycles. The van der Waals surface area contributed by atoms with Crippen LogP contribution in [0.1, 0.15) is 5.56 Å². The van der Waals surface area contributed by atoms with Crippen LogP contribution >= 0.6 is 0 Å². The maximum Gasteiger partial charge on any atom is 0.265 e. The van der Waals surface area contributed by atoms with Crippen molar-refractivity contribution in [1.29, 1.82) is 0 Å². The van der Waals surface area contributed by atoms with Gasteiger partial charge < -0.3 is 15.4 Å². The van der Waals surface area contributed by atoms with Crippen molar-refractivity contribution < 1.29 is 9.53 Å². The maximum absolute atomic E-state index is 12.0. The fraction of sp³-hybridized carbons (Fsp3) is 0.286. The van der Waals surface area contributed by atoms with Gasteiger partial charge in [0.25, 0.3) is 5.91 Å². The molecule has 0 unspecified atom stereocenters. The van der Waals surface area contributed by atoms with Crippen LogP contribution in [-0.2, 0) is 18.3 Å². The van der Waals surface area contributed by atoms with Crippen molar-refractivity contribution in [1.82, 2.24) is 9.78 Å². The van der Waals surface area contributed by atoms with Gasteiger partial charge in [0.05, 0.1) is 11.9 Å². The van der Waals surface area contributed by atoms with Crippen molar-refractivity contribution in [2.45, 2.75) is 6.42 Å². The molecule has 0 saturated heterocycles. The minimum Gasteiger partial charge on any atom is -0.481 e. The summed E-state index contributed by atoms with van der Waals surface area (Å²) in [5.41, 5.74) is 8.24. The number of nitrogens with two attached hydrogens (primary N) is 1. The first-order chi connectivity index (χ1) is 9.63. The minimum absolute atomic E-state index is 0.0360. The molecule has 2 heterocycles. The number of benzene rings is 1. The smallest absolute Gasteiger partial charge is 0.265 e. The van der Waals surface area contributed by atoms with E-state index >= 15 is 0 Å². The summed E-state index contributed by atoms with van der Waals surface area (Å²) >= 11 is 0. The largest absolute Gasteiger partial charge is 0.481 e. The van der Waals surface area contributed by atoms with Crippen LogP contribution in [0.3, 0.4) is 0 Å². The van der Waals surface area contributed by atoms with Crippen LogP contribution in [0.4, 0.5) is 11.4 Å². The Morgan fingerprint density at radius 1 is 1.45 bits per heavy atom. The number of nitrogen functional groups attached to an aromatic ring is 1. The standard InChI is InChI=1S/C14H16N4O2/c1-17-8-10(7-16-17)4-5-18-12-3-2-11(15)6-13(12)20-9-14(18)19/h2-3,6-8H,4-5,9,15H2,1H3. The molecule has 0 fully saturated rings. The lowest BCUT2D eigenvalue weighted by atomic mass is 10.2. The highest BCUT2D eigenvalue weighted by molar-refractivity contribution is 5.98. The quantitative estimate of drug-likeness (QED) is 0.845. The third-order valence-corrected chi connectivity index (χ3v) is 3.31. The van der Waals surface area contributed by atoms with Gasteiger partial charge in [-0.25, -0.2) is 0 Å². The zero-order valence-electron chi connectivity index (χ0n) is 11.2. The lowest BCUT2D eigenvalue weighted by Gasteiger charge is -2.29. The fourth-order valence-electron chi connectivity index (χ4n) is 2.31. The van der Waals surface area contributed by atoms with E-state index in [9.17, 15) is 4.79 Å². The molecular weight excluding hydrogens is 256 g/mol. The average molecular weight is 272 g/mol. The second kappa shape index (κ2) is 4.88. The summed E-state index contributed by atoms with van der Waals surface area (Å²) in [7, 11) is 1.88. The second-order valence-corrected chi connectivity index (χ2v) is 4.83. The molecule has 1 aliphatic heterocycles. The van der Waals surface area contributed by atoms with Crippen molar-refractivity contribution in [3.63, 3.8) is 0 Å². The summed E-state index contributed by atoms with van der Waals surface area (Å²) in [5, 5.41) is 4.13. The summed E-state index contributed by atoms with van der Waals surface area (Å²) in [6, 6.07) is 5.35. The summed E-state index contributed by atoms with van der Waals surface area (Å²) in [5.74, 6) is 0.627. The highest BCUT2D eigenvalue weighted by atomic mass is 16.5.